The summed E-state index contributed by atoms with van der Waals surface area (Å²) in [5, 5.41) is 16.6. The highest BCUT2D eigenvalue weighted by molar-refractivity contribution is 5.66. The molecule has 0 aliphatic carbocycles. The minimum atomic E-state index is -0.826. The van der Waals surface area contributed by atoms with E-state index in [1.807, 2.05) is 24.8 Å². The number of aliphatic carboxylic acids is 1. The van der Waals surface area contributed by atoms with Gasteiger partial charge in [0.25, 0.3) is 5.89 Å². The van der Waals surface area contributed by atoms with Crippen LogP contribution in [-0.2, 0) is 11.3 Å². The SMILES string of the molecule is Cc1cc(-c2nnc(CN(C)CCC(=O)O)o2)c(C)o1. The van der Waals surface area contributed by atoms with Gasteiger partial charge in [0.15, 0.2) is 0 Å². The van der Waals surface area contributed by atoms with Crippen molar-refractivity contribution in [2.24, 2.45) is 0 Å². The Bertz CT molecular complexity index is 603. The number of rotatable bonds is 6. The predicted octanol–water partition coefficient (Wildman–Crippen LogP) is 1.85. The molecule has 0 aliphatic heterocycles. The summed E-state index contributed by atoms with van der Waals surface area (Å²) in [4.78, 5) is 12.3. The molecule has 0 aromatic carbocycles. The van der Waals surface area contributed by atoms with Crippen LogP contribution in [0.5, 0.6) is 0 Å². The van der Waals surface area contributed by atoms with Gasteiger partial charge in [0, 0.05) is 6.54 Å². The zero-order valence-electron chi connectivity index (χ0n) is 11.7. The molecule has 0 saturated heterocycles. The number of nitrogens with zero attached hydrogens (tertiary/aromatic N) is 3. The highest BCUT2D eigenvalue weighted by Gasteiger charge is 2.15. The van der Waals surface area contributed by atoms with Crippen molar-refractivity contribution in [2.45, 2.75) is 26.8 Å². The maximum Gasteiger partial charge on any atom is 0.304 e. The number of carboxylic acids is 1. The maximum absolute atomic E-state index is 10.5. The molecule has 7 nitrogen and oxygen atoms in total. The number of hydrogen-bond donors (Lipinski definition) is 1. The predicted molar refractivity (Wildman–Crippen MR) is 70.1 cm³/mol. The van der Waals surface area contributed by atoms with Gasteiger partial charge in [-0.2, -0.15) is 0 Å². The monoisotopic (exact) mass is 279 g/mol. The molecule has 0 unspecified atom stereocenters. The van der Waals surface area contributed by atoms with Crippen LogP contribution in [0.2, 0.25) is 0 Å². The lowest BCUT2D eigenvalue weighted by Gasteiger charge is -2.11. The van der Waals surface area contributed by atoms with Crippen LogP contribution in [0.25, 0.3) is 11.5 Å². The van der Waals surface area contributed by atoms with Gasteiger partial charge < -0.3 is 13.9 Å². The summed E-state index contributed by atoms with van der Waals surface area (Å²) in [7, 11) is 1.81. The molecule has 2 aromatic rings. The Balaban J connectivity index is 2.02. The zero-order chi connectivity index (χ0) is 14.7. The number of carboxylic acid groups (broad SMARTS) is 1. The minimum absolute atomic E-state index is 0.0809. The fourth-order valence-electron chi connectivity index (χ4n) is 1.87. The van der Waals surface area contributed by atoms with E-state index in [2.05, 4.69) is 10.2 Å². The molecule has 2 aromatic heterocycles. The van der Waals surface area contributed by atoms with Crippen molar-refractivity contribution in [3.63, 3.8) is 0 Å². The van der Waals surface area contributed by atoms with Gasteiger partial charge in [-0.25, -0.2) is 0 Å². The Kier molecular flexibility index (Phi) is 4.19. The number of hydrogen-bond acceptors (Lipinski definition) is 6. The van der Waals surface area contributed by atoms with Gasteiger partial charge in [0.05, 0.1) is 18.5 Å². The molecule has 1 N–H and O–H groups in total. The molecule has 0 radical (unpaired) electrons. The molecule has 20 heavy (non-hydrogen) atoms. The number of furan rings is 1. The third kappa shape index (κ3) is 3.45. The van der Waals surface area contributed by atoms with E-state index < -0.39 is 5.97 Å². The van der Waals surface area contributed by atoms with Gasteiger partial charge in [-0.1, -0.05) is 0 Å². The van der Waals surface area contributed by atoms with Crippen molar-refractivity contribution >= 4 is 5.97 Å². The van der Waals surface area contributed by atoms with Crippen LogP contribution in [-0.4, -0.2) is 39.8 Å². The van der Waals surface area contributed by atoms with Gasteiger partial charge in [-0.15, -0.1) is 10.2 Å². The van der Waals surface area contributed by atoms with E-state index in [9.17, 15) is 4.79 Å². The average molecular weight is 279 g/mol. The van der Waals surface area contributed by atoms with Crippen molar-refractivity contribution < 1.29 is 18.7 Å². The Morgan fingerprint density at radius 3 is 2.70 bits per heavy atom. The highest BCUT2D eigenvalue weighted by Crippen LogP contribution is 2.25. The van der Waals surface area contributed by atoms with Gasteiger partial charge >= 0.3 is 5.97 Å². The van der Waals surface area contributed by atoms with E-state index >= 15 is 0 Å². The fraction of sp³-hybridized carbons (Fsp3) is 0.462. The van der Waals surface area contributed by atoms with Crippen molar-refractivity contribution in [2.75, 3.05) is 13.6 Å². The lowest BCUT2D eigenvalue weighted by atomic mass is 10.2. The molecule has 0 saturated carbocycles. The van der Waals surface area contributed by atoms with E-state index in [0.717, 1.165) is 17.1 Å². The van der Waals surface area contributed by atoms with E-state index in [1.165, 1.54) is 0 Å². The topological polar surface area (TPSA) is 92.6 Å². The van der Waals surface area contributed by atoms with Gasteiger partial charge in [0.2, 0.25) is 5.89 Å². The molecule has 7 heteroatoms. The second-order valence-electron chi connectivity index (χ2n) is 4.71. The molecule has 108 valence electrons. The van der Waals surface area contributed by atoms with E-state index in [1.54, 1.807) is 7.05 Å². The second kappa shape index (κ2) is 5.87. The van der Waals surface area contributed by atoms with E-state index in [0.29, 0.717) is 24.9 Å². The molecule has 0 amide bonds. The van der Waals surface area contributed by atoms with Gasteiger partial charge in [-0.3, -0.25) is 9.69 Å². The van der Waals surface area contributed by atoms with E-state index in [4.69, 9.17) is 13.9 Å². The summed E-state index contributed by atoms with van der Waals surface area (Å²) in [6.45, 7) is 4.53. The van der Waals surface area contributed by atoms with E-state index in [-0.39, 0.29) is 6.42 Å². The van der Waals surface area contributed by atoms with Crippen LogP contribution in [0.15, 0.2) is 14.9 Å². The highest BCUT2D eigenvalue weighted by atomic mass is 16.4. The third-order valence-corrected chi connectivity index (χ3v) is 2.85. The molecular weight excluding hydrogens is 262 g/mol. The standard InChI is InChI=1S/C13H17N3O4/c1-8-6-10(9(2)19-8)13-15-14-11(20-13)7-16(3)5-4-12(17)18/h6H,4-5,7H2,1-3H3,(H,17,18). The molecule has 0 aliphatic rings. The summed E-state index contributed by atoms with van der Waals surface area (Å²) in [6.07, 6.45) is 0.0809. The van der Waals surface area contributed by atoms with Crippen LogP contribution >= 0.6 is 0 Å². The summed E-state index contributed by atoms with van der Waals surface area (Å²) >= 11 is 0. The van der Waals surface area contributed by atoms with Crippen LogP contribution in [0.3, 0.4) is 0 Å². The summed E-state index contributed by atoms with van der Waals surface area (Å²) in [6, 6.07) is 1.85. The van der Waals surface area contributed by atoms with Gasteiger partial charge in [0.1, 0.15) is 11.5 Å². The number of aromatic nitrogens is 2. The largest absolute Gasteiger partial charge is 0.481 e. The maximum atomic E-state index is 10.5. The first-order valence-electron chi connectivity index (χ1n) is 6.26. The molecule has 0 spiro atoms. The van der Waals surface area contributed by atoms with Crippen LogP contribution < -0.4 is 0 Å². The smallest absolute Gasteiger partial charge is 0.304 e. The quantitative estimate of drug-likeness (QED) is 0.862. The van der Waals surface area contributed by atoms with Gasteiger partial charge in [-0.05, 0) is 27.0 Å². The van der Waals surface area contributed by atoms with Crippen LogP contribution in [0.1, 0.15) is 23.8 Å². The molecular formula is C13H17N3O4. The lowest BCUT2D eigenvalue weighted by molar-refractivity contribution is -0.137. The average Bonchev–Trinajstić information content (AvgIpc) is 2.93. The Morgan fingerprint density at radius 2 is 2.10 bits per heavy atom. The Hall–Kier alpha value is -2.15. The molecule has 0 atom stereocenters. The molecule has 2 heterocycles. The minimum Gasteiger partial charge on any atom is -0.481 e. The Labute approximate surface area is 116 Å². The first kappa shape index (κ1) is 14.3. The van der Waals surface area contributed by atoms with Crippen molar-refractivity contribution in [1.82, 2.24) is 15.1 Å². The fourth-order valence-corrected chi connectivity index (χ4v) is 1.87. The molecule has 2 rings (SSSR count). The first-order chi connectivity index (χ1) is 9.45. The summed E-state index contributed by atoms with van der Waals surface area (Å²) < 4.78 is 11.0. The normalized spacial score (nSPS) is 11.2. The second-order valence-corrected chi connectivity index (χ2v) is 4.71. The van der Waals surface area contributed by atoms with Crippen molar-refractivity contribution in [1.29, 1.82) is 0 Å². The third-order valence-electron chi connectivity index (χ3n) is 2.85. The lowest BCUT2D eigenvalue weighted by Crippen LogP contribution is -2.21. The van der Waals surface area contributed by atoms with Crippen LogP contribution in [0, 0.1) is 13.8 Å². The zero-order valence-corrected chi connectivity index (χ0v) is 11.7. The molecule has 0 bridgehead atoms. The van der Waals surface area contributed by atoms with Crippen molar-refractivity contribution in [3.8, 4) is 11.5 Å². The summed E-state index contributed by atoms with van der Waals surface area (Å²) in [5.41, 5.74) is 0.787. The van der Waals surface area contributed by atoms with Crippen molar-refractivity contribution in [3.05, 3.63) is 23.5 Å². The summed E-state index contributed by atoms with van der Waals surface area (Å²) in [5.74, 6) is 1.56. The van der Waals surface area contributed by atoms with Crippen LogP contribution in [0.4, 0.5) is 0 Å². The number of carbonyl (C=O) groups is 1. The Morgan fingerprint density at radius 1 is 1.35 bits per heavy atom. The molecule has 0 fully saturated rings. The first-order valence-corrected chi connectivity index (χ1v) is 6.26. The number of aryl methyl sites for hydroxylation is 2.